The summed E-state index contributed by atoms with van der Waals surface area (Å²) >= 11 is 6.37. The van der Waals surface area contributed by atoms with E-state index in [1.165, 1.54) is 112 Å². The van der Waals surface area contributed by atoms with Crippen molar-refractivity contribution in [2.24, 2.45) is 0 Å². The van der Waals surface area contributed by atoms with Gasteiger partial charge in [0.25, 0.3) is 0 Å². The van der Waals surface area contributed by atoms with Crippen LogP contribution in [0.15, 0.2) is 72.8 Å². The Morgan fingerprint density at radius 3 is 1.97 bits per heavy atom. The highest BCUT2D eigenvalue weighted by molar-refractivity contribution is 6.30. The molecule has 2 heteroatoms. The van der Waals surface area contributed by atoms with Crippen LogP contribution in [0, 0.1) is 6.92 Å². The number of rotatable bonds is 12. The molecule has 4 aromatic carbocycles. The fourth-order valence-electron chi connectivity index (χ4n) is 6.05. The minimum atomic E-state index is 0.809. The highest BCUT2D eigenvalue weighted by Gasteiger charge is 2.16. The summed E-state index contributed by atoms with van der Waals surface area (Å²) in [5, 5.41) is 3.42. The summed E-state index contributed by atoms with van der Waals surface area (Å²) in [6.07, 6.45) is 12.4. The van der Waals surface area contributed by atoms with Crippen molar-refractivity contribution in [1.29, 1.82) is 0 Å². The van der Waals surface area contributed by atoms with Gasteiger partial charge in [-0.05, 0) is 102 Å². The molecule has 202 valence electrons. The van der Waals surface area contributed by atoms with E-state index < -0.39 is 0 Å². The lowest BCUT2D eigenvalue weighted by Gasteiger charge is -2.19. The largest absolute Gasteiger partial charge is 0.355 e. The molecule has 1 heterocycles. The monoisotopic (exact) mass is 535 g/mol. The Kier molecular flexibility index (Phi) is 9.09. The number of fused-ring (bicyclic) bond motifs is 3. The van der Waals surface area contributed by atoms with Gasteiger partial charge in [0.15, 0.2) is 0 Å². The van der Waals surface area contributed by atoms with E-state index in [0.29, 0.717) is 0 Å². The molecule has 5 aromatic rings. The highest BCUT2D eigenvalue weighted by Crippen LogP contribution is 2.38. The van der Waals surface area contributed by atoms with Crippen LogP contribution < -0.4 is 0 Å². The first kappa shape index (κ1) is 27.5. The van der Waals surface area contributed by atoms with E-state index in [2.05, 4.69) is 92.5 Å². The third-order valence-corrected chi connectivity index (χ3v) is 8.46. The fourth-order valence-corrected chi connectivity index (χ4v) is 6.28. The van der Waals surface area contributed by atoms with E-state index in [-0.39, 0.29) is 0 Å². The van der Waals surface area contributed by atoms with Gasteiger partial charge in [-0.25, -0.2) is 0 Å². The van der Waals surface area contributed by atoms with Crippen LogP contribution in [0.5, 0.6) is 0 Å². The third kappa shape index (κ3) is 6.25. The molecule has 1 N–H and O–H groups in total. The fraction of sp³-hybridized carbons (Fsp3) is 0.351. The SMILES string of the molecule is CCCCCCc1cc(-c2ccc(Cl)cc2C)c(CCCCCC)cc1-c1ccc2[nH]c3ccccc3c2c1. The number of benzene rings is 4. The van der Waals surface area contributed by atoms with Crippen molar-refractivity contribution in [1.82, 2.24) is 4.98 Å². The summed E-state index contributed by atoms with van der Waals surface area (Å²) in [7, 11) is 0. The Morgan fingerprint density at radius 2 is 1.26 bits per heavy atom. The highest BCUT2D eigenvalue weighted by atomic mass is 35.5. The van der Waals surface area contributed by atoms with Crippen LogP contribution in [0.25, 0.3) is 44.1 Å². The molecule has 39 heavy (non-hydrogen) atoms. The maximum absolute atomic E-state index is 6.37. The molecule has 0 aliphatic carbocycles. The second-order valence-electron chi connectivity index (χ2n) is 11.2. The number of hydrogen-bond donors (Lipinski definition) is 1. The number of H-pyrrole nitrogens is 1. The zero-order valence-electron chi connectivity index (χ0n) is 23.9. The number of aromatic nitrogens is 1. The number of nitrogens with one attached hydrogen (secondary N) is 1. The van der Waals surface area contributed by atoms with Gasteiger partial charge in [-0.1, -0.05) is 106 Å². The molecular weight excluding hydrogens is 494 g/mol. The van der Waals surface area contributed by atoms with Crippen molar-refractivity contribution in [3.63, 3.8) is 0 Å². The molecule has 0 aliphatic rings. The summed E-state index contributed by atoms with van der Waals surface area (Å²) in [5.41, 5.74) is 12.0. The van der Waals surface area contributed by atoms with Crippen molar-refractivity contribution in [2.75, 3.05) is 0 Å². The zero-order valence-corrected chi connectivity index (χ0v) is 24.6. The molecule has 0 radical (unpaired) electrons. The van der Waals surface area contributed by atoms with Crippen LogP contribution in [-0.2, 0) is 12.8 Å². The first-order valence-corrected chi connectivity index (χ1v) is 15.4. The Labute approximate surface area is 239 Å². The maximum Gasteiger partial charge on any atom is 0.0465 e. The number of halogens is 1. The van der Waals surface area contributed by atoms with E-state index >= 15 is 0 Å². The predicted molar refractivity (Wildman–Crippen MR) is 172 cm³/mol. The van der Waals surface area contributed by atoms with Crippen LogP contribution >= 0.6 is 11.6 Å². The first-order valence-electron chi connectivity index (χ1n) is 15.0. The molecule has 0 bridgehead atoms. The van der Waals surface area contributed by atoms with Gasteiger partial charge in [0.1, 0.15) is 0 Å². The van der Waals surface area contributed by atoms with Crippen molar-refractivity contribution in [3.05, 3.63) is 94.5 Å². The van der Waals surface area contributed by atoms with Crippen molar-refractivity contribution >= 4 is 33.4 Å². The van der Waals surface area contributed by atoms with Crippen LogP contribution in [0.3, 0.4) is 0 Å². The van der Waals surface area contributed by atoms with Gasteiger partial charge in [-0.2, -0.15) is 0 Å². The van der Waals surface area contributed by atoms with E-state index in [4.69, 9.17) is 11.6 Å². The van der Waals surface area contributed by atoms with Crippen molar-refractivity contribution in [2.45, 2.75) is 85.0 Å². The second kappa shape index (κ2) is 12.9. The lowest BCUT2D eigenvalue weighted by atomic mass is 9.85. The van der Waals surface area contributed by atoms with Gasteiger partial charge >= 0.3 is 0 Å². The Morgan fingerprint density at radius 1 is 0.590 bits per heavy atom. The minimum Gasteiger partial charge on any atom is -0.355 e. The van der Waals surface area contributed by atoms with E-state index in [1.54, 1.807) is 0 Å². The first-order chi connectivity index (χ1) is 19.1. The molecule has 0 spiro atoms. The zero-order chi connectivity index (χ0) is 27.2. The van der Waals surface area contributed by atoms with Crippen LogP contribution in [0.4, 0.5) is 0 Å². The molecule has 0 atom stereocenters. The Bertz CT molecular complexity index is 1560. The predicted octanol–water partition coefficient (Wildman–Crippen LogP) is 11.9. The number of unbranched alkanes of at least 4 members (excludes halogenated alkanes) is 6. The minimum absolute atomic E-state index is 0.809. The number of hydrogen-bond acceptors (Lipinski definition) is 0. The number of para-hydroxylation sites is 1. The summed E-state index contributed by atoms with van der Waals surface area (Å²) in [6, 6.07) is 27.1. The Balaban J connectivity index is 1.65. The molecule has 0 saturated carbocycles. The maximum atomic E-state index is 6.37. The van der Waals surface area contributed by atoms with Crippen LogP contribution in [0.2, 0.25) is 5.02 Å². The van der Waals surface area contributed by atoms with Gasteiger partial charge in [-0.3, -0.25) is 0 Å². The van der Waals surface area contributed by atoms with Gasteiger partial charge in [0.2, 0.25) is 0 Å². The average Bonchev–Trinajstić information content (AvgIpc) is 3.32. The second-order valence-corrected chi connectivity index (χ2v) is 11.6. The summed E-state index contributed by atoms with van der Waals surface area (Å²) in [4.78, 5) is 3.60. The lowest BCUT2D eigenvalue weighted by Crippen LogP contribution is -1.99. The van der Waals surface area contributed by atoms with E-state index in [1.807, 2.05) is 6.07 Å². The average molecular weight is 536 g/mol. The van der Waals surface area contributed by atoms with Crippen molar-refractivity contribution in [3.8, 4) is 22.3 Å². The van der Waals surface area contributed by atoms with E-state index in [9.17, 15) is 0 Å². The molecule has 1 aromatic heterocycles. The Hall–Kier alpha value is -3.03. The van der Waals surface area contributed by atoms with E-state index in [0.717, 1.165) is 17.9 Å². The molecule has 1 nitrogen and oxygen atoms in total. The molecule has 0 saturated heterocycles. The summed E-state index contributed by atoms with van der Waals surface area (Å²) in [6.45, 7) is 6.77. The molecule has 0 unspecified atom stereocenters. The standard InChI is InChI=1S/C37H42ClN/c1-4-6-8-10-14-27-24-34(31-20-19-30(38)22-26(31)3)28(15-11-9-7-5-2)23-33(27)29-18-21-37-35(25-29)32-16-12-13-17-36(32)39-37/h12-13,16-25,39H,4-11,14-15H2,1-3H3. The topological polar surface area (TPSA) is 15.8 Å². The van der Waals surface area contributed by atoms with Gasteiger partial charge in [0, 0.05) is 26.8 Å². The molecule has 0 aliphatic heterocycles. The number of aryl methyl sites for hydroxylation is 3. The third-order valence-electron chi connectivity index (χ3n) is 8.22. The molecule has 0 amide bonds. The lowest BCUT2D eigenvalue weighted by molar-refractivity contribution is 0.664. The molecule has 0 fully saturated rings. The molecular formula is C37H42ClN. The summed E-state index contributed by atoms with van der Waals surface area (Å²) in [5.74, 6) is 0. The van der Waals surface area contributed by atoms with Crippen LogP contribution in [-0.4, -0.2) is 4.98 Å². The normalized spacial score (nSPS) is 11.6. The summed E-state index contributed by atoms with van der Waals surface area (Å²) < 4.78 is 0. The van der Waals surface area contributed by atoms with Gasteiger partial charge in [0.05, 0.1) is 0 Å². The smallest absolute Gasteiger partial charge is 0.0465 e. The van der Waals surface area contributed by atoms with Gasteiger partial charge < -0.3 is 4.98 Å². The van der Waals surface area contributed by atoms with Gasteiger partial charge in [-0.15, -0.1) is 0 Å². The molecule has 5 rings (SSSR count). The number of aromatic amines is 1. The van der Waals surface area contributed by atoms with Crippen LogP contribution in [0.1, 0.15) is 81.9 Å². The quantitative estimate of drug-likeness (QED) is 0.153. The van der Waals surface area contributed by atoms with Crippen molar-refractivity contribution < 1.29 is 0 Å².